The average molecular weight is 602 g/mol. The number of hydrogen-bond donors (Lipinski definition) is 1. The first kappa shape index (κ1) is 41.8. The lowest BCUT2D eigenvalue weighted by atomic mass is 10.1. The summed E-state index contributed by atoms with van der Waals surface area (Å²) < 4.78 is 11.8. The van der Waals surface area contributed by atoms with Crippen molar-refractivity contribution < 1.29 is 9.47 Å². The van der Waals surface area contributed by atoms with Gasteiger partial charge in [-0.3, -0.25) is 0 Å². The molecule has 0 radical (unpaired) electrons. The molecule has 0 saturated carbocycles. The highest BCUT2D eigenvalue weighted by atomic mass is 16.5. The largest absolute Gasteiger partial charge is 0.379 e. The minimum Gasteiger partial charge on any atom is -0.379 e. The van der Waals surface area contributed by atoms with Crippen molar-refractivity contribution in [1.82, 2.24) is 0 Å². The molecule has 0 amide bonds. The minimum absolute atomic E-state index is 0.392. The minimum atomic E-state index is -0.392. The molecule has 3 nitrogen and oxygen atoms in total. The Morgan fingerprint density at radius 1 is 0.419 bits per heavy atom. The second-order valence-corrected chi connectivity index (χ2v) is 12.9. The van der Waals surface area contributed by atoms with E-state index in [9.17, 15) is 0 Å². The predicted molar refractivity (Wildman–Crippen MR) is 193 cm³/mol. The van der Waals surface area contributed by atoms with E-state index in [0.29, 0.717) is 13.2 Å². The summed E-state index contributed by atoms with van der Waals surface area (Å²) in [7, 11) is 0. The van der Waals surface area contributed by atoms with Crippen LogP contribution < -0.4 is 5.73 Å². The zero-order chi connectivity index (χ0) is 31.4. The molecule has 0 bridgehead atoms. The van der Waals surface area contributed by atoms with E-state index in [1.807, 2.05) is 6.92 Å². The second-order valence-electron chi connectivity index (χ2n) is 12.9. The molecule has 0 heterocycles. The van der Waals surface area contributed by atoms with Crippen molar-refractivity contribution in [2.75, 3.05) is 26.4 Å². The maximum atomic E-state index is 6.39. The maximum absolute atomic E-state index is 6.39. The summed E-state index contributed by atoms with van der Waals surface area (Å²) in [5, 5.41) is 0. The van der Waals surface area contributed by atoms with E-state index < -0.39 is 5.54 Å². The van der Waals surface area contributed by atoms with Crippen molar-refractivity contribution in [3.63, 3.8) is 0 Å². The molecule has 0 aromatic carbocycles. The van der Waals surface area contributed by atoms with E-state index in [4.69, 9.17) is 15.2 Å². The van der Waals surface area contributed by atoms with Crippen LogP contribution in [0, 0.1) is 0 Å². The summed E-state index contributed by atoms with van der Waals surface area (Å²) in [4.78, 5) is 0. The van der Waals surface area contributed by atoms with Crippen LogP contribution in [-0.4, -0.2) is 32.0 Å². The third-order valence-electron chi connectivity index (χ3n) is 7.84. The molecule has 0 rings (SSSR count). The molecule has 3 heteroatoms. The van der Waals surface area contributed by atoms with E-state index in [1.165, 1.54) is 128 Å². The van der Waals surface area contributed by atoms with Crippen LogP contribution in [0.1, 0.15) is 175 Å². The van der Waals surface area contributed by atoms with Gasteiger partial charge in [0.15, 0.2) is 0 Å². The van der Waals surface area contributed by atoms with Crippen molar-refractivity contribution in [1.29, 1.82) is 0 Å². The van der Waals surface area contributed by atoms with Gasteiger partial charge in [-0.15, -0.1) is 0 Å². The number of ether oxygens (including phenoxy) is 2. The van der Waals surface area contributed by atoms with Crippen molar-refractivity contribution in [2.24, 2.45) is 5.73 Å². The molecule has 0 unspecified atom stereocenters. The molecule has 43 heavy (non-hydrogen) atoms. The Kier molecular flexibility index (Phi) is 34.4. The highest BCUT2D eigenvalue weighted by Gasteiger charge is 2.18. The van der Waals surface area contributed by atoms with Crippen LogP contribution in [0.25, 0.3) is 0 Å². The van der Waals surface area contributed by atoms with Crippen LogP contribution in [0.15, 0.2) is 48.6 Å². The average Bonchev–Trinajstić information content (AvgIpc) is 3.00. The molecule has 0 aliphatic carbocycles. The highest BCUT2D eigenvalue weighted by Crippen LogP contribution is 2.11. The van der Waals surface area contributed by atoms with Gasteiger partial charge in [-0.1, -0.05) is 140 Å². The molecule has 0 aliphatic heterocycles. The molecule has 0 atom stereocenters. The standard InChI is InChI=1S/C40H75NO2/c1-4-6-8-10-12-14-16-18-20-22-24-26-28-30-32-34-36-42-38-40(3,41)39-43-37-35-33-31-29-27-25-23-21-19-17-15-13-11-9-7-5-2/h12-15,18-21H,4-11,16-17,22-39,41H2,1-3H3/b14-12-,15-13-,20-18-,21-19-. The first-order valence-electron chi connectivity index (χ1n) is 18.7. The van der Waals surface area contributed by atoms with Crippen LogP contribution in [0.2, 0.25) is 0 Å². The fourth-order valence-electron chi connectivity index (χ4n) is 5.04. The van der Waals surface area contributed by atoms with E-state index in [0.717, 1.165) is 38.9 Å². The molecule has 0 saturated heterocycles. The Morgan fingerprint density at radius 3 is 1.07 bits per heavy atom. The van der Waals surface area contributed by atoms with Gasteiger partial charge in [0.1, 0.15) is 0 Å². The molecular weight excluding hydrogens is 526 g/mol. The Morgan fingerprint density at radius 2 is 0.721 bits per heavy atom. The lowest BCUT2D eigenvalue weighted by Crippen LogP contribution is -2.46. The number of hydrogen-bond acceptors (Lipinski definition) is 3. The van der Waals surface area contributed by atoms with E-state index in [-0.39, 0.29) is 0 Å². The second kappa shape index (κ2) is 35.3. The molecule has 2 N–H and O–H groups in total. The van der Waals surface area contributed by atoms with Crippen molar-refractivity contribution in [3.8, 4) is 0 Å². The number of allylic oxidation sites excluding steroid dienone is 8. The molecule has 252 valence electrons. The van der Waals surface area contributed by atoms with Crippen molar-refractivity contribution in [3.05, 3.63) is 48.6 Å². The van der Waals surface area contributed by atoms with Gasteiger partial charge in [0.05, 0.1) is 18.8 Å². The topological polar surface area (TPSA) is 44.5 Å². The number of nitrogens with two attached hydrogens (primary N) is 1. The lowest BCUT2D eigenvalue weighted by Gasteiger charge is -2.24. The summed E-state index contributed by atoms with van der Waals surface area (Å²) in [6, 6.07) is 0. The quantitative estimate of drug-likeness (QED) is 0.0589. The third-order valence-corrected chi connectivity index (χ3v) is 7.84. The van der Waals surface area contributed by atoms with E-state index in [2.05, 4.69) is 62.5 Å². The zero-order valence-corrected chi connectivity index (χ0v) is 29.3. The molecule has 0 aliphatic rings. The van der Waals surface area contributed by atoms with Crippen LogP contribution in [0.5, 0.6) is 0 Å². The molecule has 0 aromatic rings. The smallest absolute Gasteiger partial charge is 0.0666 e. The summed E-state index contributed by atoms with van der Waals surface area (Å²) in [6.07, 6.45) is 49.1. The SMILES string of the molecule is CCCCC/C=C\C/C=C\CCCCCCCCOCC(C)(N)COCCCCCCCC/C=C\C/C=C\CCCCC. The summed E-state index contributed by atoms with van der Waals surface area (Å²) in [6.45, 7) is 9.35. The van der Waals surface area contributed by atoms with Gasteiger partial charge in [-0.05, 0) is 84.0 Å². The van der Waals surface area contributed by atoms with Gasteiger partial charge < -0.3 is 15.2 Å². The fourth-order valence-corrected chi connectivity index (χ4v) is 5.04. The Labute approximate surface area is 270 Å². The normalized spacial score (nSPS) is 12.7. The van der Waals surface area contributed by atoms with Gasteiger partial charge in [0, 0.05) is 13.2 Å². The predicted octanol–water partition coefficient (Wildman–Crippen LogP) is 12.4. The van der Waals surface area contributed by atoms with E-state index in [1.54, 1.807) is 0 Å². The first-order chi connectivity index (χ1) is 21.1. The van der Waals surface area contributed by atoms with Gasteiger partial charge in [-0.25, -0.2) is 0 Å². The Balaban J connectivity index is 3.38. The fraction of sp³-hybridized carbons (Fsp3) is 0.800. The van der Waals surface area contributed by atoms with Gasteiger partial charge in [0.25, 0.3) is 0 Å². The monoisotopic (exact) mass is 602 g/mol. The van der Waals surface area contributed by atoms with Crippen LogP contribution in [0.4, 0.5) is 0 Å². The van der Waals surface area contributed by atoms with Crippen LogP contribution in [-0.2, 0) is 9.47 Å². The maximum Gasteiger partial charge on any atom is 0.0666 e. The van der Waals surface area contributed by atoms with E-state index >= 15 is 0 Å². The molecule has 0 aromatic heterocycles. The van der Waals surface area contributed by atoms with Crippen LogP contribution >= 0.6 is 0 Å². The molecule has 0 fully saturated rings. The lowest BCUT2D eigenvalue weighted by molar-refractivity contribution is 0.0277. The van der Waals surface area contributed by atoms with Gasteiger partial charge >= 0.3 is 0 Å². The highest BCUT2D eigenvalue weighted by molar-refractivity contribution is 4.93. The van der Waals surface area contributed by atoms with Gasteiger partial charge in [0.2, 0.25) is 0 Å². The number of unbranched alkanes of at least 4 members (excludes halogenated alkanes) is 18. The Bertz CT molecular complexity index is 595. The van der Waals surface area contributed by atoms with Crippen molar-refractivity contribution in [2.45, 2.75) is 180 Å². The summed E-state index contributed by atoms with van der Waals surface area (Å²) in [5.41, 5.74) is 6.00. The summed E-state index contributed by atoms with van der Waals surface area (Å²) in [5.74, 6) is 0. The molecular formula is C40H75NO2. The van der Waals surface area contributed by atoms with Crippen molar-refractivity contribution >= 4 is 0 Å². The van der Waals surface area contributed by atoms with Crippen LogP contribution in [0.3, 0.4) is 0 Å². The Hall–Kier alpha value is -1.16. The number of rotatable bonds is 34. The van der Waals surface area contributed by atoms with Gasteiger partial charge in [-0.2, -0.15) is 0 Å². The first-order valence-corrected chi connectivity index (χ1v) is 18.7. The third kappa shape index (κ3) is 36.9. The molecule has 0 spiro atoms. The summed E-state index contributed by atoms with van der Waals surface area (Å²) >= 11 is 0. The zero-order valence-electron chi connectivity index (χ0n) is 29.3.